The summed E-state index contributed by atoms with van der Waals surface area (Å²) < 4.78 is 27.3. The van der Waals surface area contributed by atoms with Crippen molar-refractivity contribution in [1.29, 1.82) is 0 Å². The van der Waals surface area contributed by atoms with Gasteiger partial charge >= 0.3 is 5.97 Å². The average molecular weight is 400 g/mol. The first-order chi connectivity index (χ1) is 9.26. The van der Waals surface area contributed by atoms with E-state index in [1.807, 2.05) is 13.8 Å². The van der Waals surface area contributed by atoms with E-state index in [2.05, 4.69) is 15.9 Å². The lowest BCUT2D eigenvalue weighted by molar-refractivity contribution is -0.140. The zero-order valence-electron chi connectivity index (χ0n) is 10.8. The minimum Gasteiger partial charge on any atom is -0.480 e. The van der Waals surface area contributed by atoms with Crippen LogP contribution in [0.25, 0.3) is 0 Å². The van der Waals surface area contributed by atoms with E-state index in [4.69, 9.17) is 0 Å². The largest absolute Gasteiger partial charge is 0.480 e. The van der Waals surface area contributed by atoms with Crippen molar-refractivity contribution < 1.29 is 18.3 Å². The second-order valence-electron chi connectivity index (χ2n) is 4.71. The van der Waals surface area contributed by atoms with Gasteiger partial charge in [-0.25, -0.2) is 8.42 Å². The van der Waals surface area contributed by atoms with Crippen LogP contribution in [-0.4, -0.2) is 41.0 Å². The van der Waals surface area contributed by atoms with Gasteiger partial charge in [-0.15, -0.1) is 23.1 Å². The molecule has 1 N–H and O–H groups in total. The quantitative estimate of drug-likeness (QED) is 0.841. The predicted molar refractivity (Wildman–Crippen MR) is 83.6 cm³/mol. The van der Waals surface area contributed by atoms with E-state index in [9.17, 15) is 18.3 Å². The number of thioether (sulfide) groups is 1. The predicted octanol–water partition coefficient (Wildman–Crippen LogP) is 2.68. The molecule has 1 aliphatic rings. The third-order valence-corrected chi connectivity index (χ3v) is 9.23. The molecule has 112 valence electrons. The van der Waals surface area contributed by atoms with Crippen LogP contribution in [0.2, 0.25) is 0 Å². The molecule has 2 rings (SSSR count). The topological polar surface area (TPSA) is 74.7 Å². The van der Waals surface area contributed by atoms with Crippen LogP contribution >= 0.6 is 39.0 Å². The second-order valence-corrected chi connectivity index (χ2v) is 9.67. The lowest BCUT2D eigenvalue weighted by Crippen LogP contribution is -2.46. The van der Waals surface area contributed by atoms with Crippen molar-refractivity contribution in [3.05, 3.63) is 15.9 Å². The molecule has 0 spiro atoms. The van der Waals surface area contributed by atoms with E-state index in [0.717, 1.165) is 15.6 Å². The Balaban J connectivity index is 2.50. The Bertz CT molecular complexity index is 613. The van der Waals surface area contributed by atoms with Crippen molar-refractivity contribution in [2.75, 3.05) is 5.75 Å². The van der Waals surface area contributed by atoms with Gasteiger partial charge in [-0.1, -0.05) is 13.8 Å². The molecule has 5 nitrogen and oxygen atoms in total. The van der Waals surface area contributed by atoms with Gasteiger partial charge in [0.1, 0.15) is 10.3 Å². The summed E-state index contributed by atoms with van der Waals surface area (Å²) in [7, 11) is -3.81. The molecule has 1 fully saturated rings. The Morgan fingerprint density at radius 3 is 2.65 bits per heavy atom. The Morgan fingerprint density at radius 2 is 2.20 bits per heavy atom. The number of hydrogen-bond acceptors (Lipinski definition) is 5. The number of hydrogen-bond donors (Lipinski definition) is 1. The van der Waals surface area contributed by atoms with E-state index in [-0.39, 0.29) is 21.3 Å². The maximum Gasteiger partial charge on any atom is 0.322 e. The Hall–Kier alpha value is -0.0900. The summed E-state index contributed by atoms with van der Waals surface area (Å²) in [5, 5.41) is 10.6. The first-order valence-electron chi connectivity index (χ1n) is 5.87. The normalized spacial score (nSPS) is 24.4. The van der Waals surface area contributed by atoms with Crippen molar-refractivity contribution in [3.8, 4) is 0 Å². The maximum absolute atomic E-state index is 12.8. The Labute approximate surface area is 134 Å². The Morgan fingerprint density at radius 1 is 1.55 bits per heavy atom. The van der Waals surface area contributed by atoms with Crippen LogP contribution in [-0.2, 0) is 14.8 Å². The van der Waals surface area contributed by atoms with Gasteiger partial charge in [0.15, 0.2) is 0 Å². The molecule has 2 heterocycles. The molecule has 0 bridgehead atoms. The number of carbonyl (C=O) groups is 1. The molecular formula is C11H14BrNO4S3. The molecule has 0 amide bonds. The number of aliphatic carboxylic acids is 1. The van der Waals surface area contributed by atoms with Crippen molar-refractivity contribution in [2.24, 2.45) is 5.92 Å². The summed E-state index contributed by atoms with van der Waals surface area (Å²) in [4.78, 5) is 11.4. The molecule has 0 radical (unpaired) electrons. The zero-order chi connectivity index (χ0) is 15.1. The van der Waals surface area contributed by atoms with E-state index < -0.39 is 22.0 Å². The third-order valence-electron chi connectivity index (χ3n) is 2.93. The number of halogens is 1. The van der Waals surface area contributed by atoms with E-state index in [1.54, 1.807) is 11.4 Å². The van der Waals surface area contributed by atoms with Crippen LogP contribution < -0.4 is 0 Å². The Kier molecular flexibility index (Phi) is 4.85. The molecule has 1 aromatic heterocycles. The number of thiophene rings is 1. The second kappa shape index (κ2) is 5.96. The SMILES string of the molecule is CC(C)C1SCC(C(=O)O)N1S(=O)(=O)c1sccc1Br. The van der Waals surface area contributed by atoms with Crippen LogP contribution in [0.15, 0.2) is 20.1 Å². The highest BCUT2D eigenvalue weighted by atomic mass is 79.9. The molecular weight excluding hydrogens is 386 g/mol. The van der Waals surface area contributed by atoms with Crippen LogP contribution in [0.3, 0.4) is 0 Å². The zero-order valence-corrected chi connectivity index (χ0v) is 14.9. The van der Waals surface area contributed by atoms with E-state index in [0.29, 0.717) is 4.47 Å². The molecule has 0 aliphatic carbocycles. The van der Waals surface area contributed by atoms with Crippen molar-refractivity contribution in [3.63, 3.8) is 0 Å². The van der Waals surface area contributed by atoms with Gasteiger partial charge < -0.3 is 5.11 Å². The summed E-state index contributed by atoms with van der Waals surface area (Å²) in [6.07, 6.45) is 0. The number of carboxylic acid groups (broad SMARTS) is 1. The number of nitrogens with zero attached hydrogens (tertiary/aromatic N) is 1. The molecule has 20 heavy (non-hydrogen) atoms. The number of carboxylic acids is 1. The third kappa shape index (κ3) is 2.78. The summed E-state index contributed by atoms with van der Waals surface area (Å²) in [5.41, 5.74) is 0. The van der Waals surface area contributed by atoms with Gasteiger partial charge in [-0.3, -0.25) is 4.79 Å². The van der Waals surface area contributed by atoms with E-state index in [1.165, 1.54) is 11.8 Å². The fourth-order valence-electron chi connectivity index (χ4n) is 2.04. The lowest BCUT2D eigenvalue weighted by atomic mass is 10.2. The highest BCUT2D eigenvalue weighted by Crippen LogP contribution is 2.41. The summed E-state index contributed by atoms with van der Waals surface area (Å²) in [6.45, 7) is 3.79. The smallest absolute Gasteiger partial charge is 0.322 e. The van der Waals surface area contributed by atoms with Crippen molar-refractivity contribution >= 4 is 55.0 Å². The van der Waals surface area contributed by atoms with Gasteiger partial charge in [-0.05, 0) is 33.3 Å². The molecule has 1 aliphatic heterocycles. The molecule has 2 unspecified atom stereocenters. The van der Waals surface area contributed by atoms with Crippen LogP contribution in [0, 0.1) is 5.92 Å². The number of rotatable bonds is 4. The van der Waals surface area contributed by atoms with E-state index >= 15 is 0 Å². The van der Waals surface area contributed by atoms with Gasteiger partial charge in [0.2, 0.25) is 0 Å². The van der Waals surface area contributed by atoms with Crippen LogP contribution in [0.1, 0.15) is 13.8 Å². The molecule has 1 saturated heterocycles. The van der Waals surface area contributed by atoms with Crippen molar-refractivity contribution in [2.45, 2.75) is 29.5 Å². The molecule has 9 heteroatoms. The first kappa shape index (κ1) is 16.3. The lowest BCUT2D eigenvalue weighted by Gasteiger charge is -2.28. The fraction of sp³-hybridized carbons (Fsp3) is 0.545. The first-order valence-corrected chi connectivity index (χ1v) is 10.0. The standard InChI is InChI=1S/C11H14BrNO4S3/c1-6(2)9-13(8(5-19-9)10(14)15)20(16,17)11-7(12)3-4-18-11/h3-4,6,8-9H,5H2,1-2H3,(H,14,15). The monoisotopic (exact) mass is 399 g/mol. The molecule has 1 aromatic rings. The minimum atomic E-state index is -3.81. The fourth-order valence-corrected chi connectivity index (χ4v) is 8.17. The number of sulfonamides is 1. The van der Waals surface area contributed by atoms with Crippen molar-refractivity contribution in [1.82, 2.24) is 4.31 Å². The van der Waals surface area contributed by atoms with Crippen LogP contribution in [0.5, 0.6) is 0 Å². The summed E-state index contributed by atoms with van der Waals surface area (Å²) in [6, 6.07) is 0.646. The molecule has 0 saturated carbocycles. The average Bonchev–Trinajstić information content (AvgIpc) is 2.94. The highest BCUT2D eigenvalue weighted by molar-refractivity contribution is 9.10. The molecule has 2 atom stereocenters. The molecule has 0 aromatic carbocycles. The summed E-state index contributed by atoms with van der Waals surface area (Å²) in [5.74, 6) is -0.782. The van der Waals surface area contributed by atoms with Gasteiger partial charge in [-0.2, -0.15) is 4.31 Å². The maximum atomic E-state index is 12.8. The van der Waals surface area contributed by atoms with Gasteiger partial charge in [0, 0.05) is 10.2 Å². The summed E-state index contributed by atoms with van der Waals surface area (Å²) >= 11 is 5.69. The van der Waals surface area contributed by atoms with Crippen LogP contribution in [0.4, 0.5) is 0 Å². The highest BCUT2D eigenvalue weighted by Gasteiger charge is 2.48. The minimum absolute atomic E-state index is 0.0397. The van der Waals surface area contributed by atoms with Gasteiger partial charge in [0.25, 0.3) is 10.0 Å². The van der Waals surface area contributed by atoms with Gasteiger partial charge in [0.05, 0.1) is 5.37 Å².